The number of ether oxygens (including phenoxy) is 1. The normalized spacial score (nSPS) is 14.5. The molecule has 2 aromatic carbocycles. The number of fused-ring (bicyclic) bond motifs is 1. The third-order valence-corrected chi connectivity index (χ3v) is 7.33. The molecule has 1 aliphatic carbocycles. The van der Waals surface area contributed by atoms with Crippen molar-refractivity contribution >= 4 is 39.1 Å². The molecule has 0 radical (unpaired) electrons. The summed E-state index contributed by atoms with van der Waals surface area (Å²) in [6, 6.07) is 12.6. The molecule has 5 nitrogen and oxygen atoms in total. The second-order valence-corrected chi connectivity index (χ2v) is 9.52. The van der Waals surface area contributed by atoms with E-state index in [1.54, 1.807) is 18.3 Å². The highest BCUT2D eigenvalue weighted by molar-refractivity contribution is 7.21. The van der Waals surface area contributed by atoms with Crippen molar-refractivity contribution in [2.24, 2.45) is 0 Å². The predicted octanol–water partition coefficient (Wildman–Crippen LogP) is 6.58. The minimum Gasteiger partial charge on any atom is -0.465 e. The fourth-order valence-corrected chi connectivity index (χ4v) is 5.24. The lowest BCUT2D eigenvalue weighted by Crippen LogP contribution is -2.29. The molecule has 1 fully saturated rings. The SMILES string of the molecule is COC(=O)c1cc(NC(=O)C2(c3ccc(C(F)(F)F)cc3F)CC2)ccc1-c1cc2cccnc2s1. The zero-order valence-electron chi connectivity index (χ0n) is 18.8. The summed E-state index contributed by atoms with van der Waals surface area (Å²) < 4.78 is 58.3. The molecule has 184 valence electrons. The lowest BCUT2D eigenvalue weighted by atomic mass is 9.93. The Morgan fingerprint density at radius 2 is 1.86 bits per heavy atom. The van der Waals surface area contributed by atoms with E-state index in [1.807, 2.05) is 18.2 Å². The van der Waals surface area contributed by atoms with Gasteiger partial charge in [0.25, 0.3) is 0 Å². The second kappa shape index (κ2) is 8.70. The zero-order chi connectivity index (χ0) is 25.7. The van der Waals surface area contributed by atoms with Crippen LogP contribution in [0, 0.1) is 5.82 Å². The number of halogens is 4. The van der Waals surface area contributed by atoms with E-state index in [0.29, 0.717) is 11.6 Å². The van der Waals surface area contributed by atoms with Crippen molar-refractivity contribution in [3.8, 4) is 10.4 Å². The van der Waals surface area contributed by atoms with Crippen LogP contribution in [0.5, 0.6) is 0 Å². The highest BCUT2D eigenvalue weighted by Crippen LogP contribution is 2.50. The van der Waals surface area contributed by atoms with Crippen LogP contribution in [0.1, 0.15) is 34.3 Å². The van der Waals surface area contributed by atoms with Crippen molar-refractivity contribution in [3.63, 3.8) is 0 Å². The fraction of sp³-hybridized carbons (Fsp3) is 0.192. The number of aromatic nitrogens is 1. The van der Waals surface area contributed by atoms with E-state index in [9.17, 15) is 27.2 Å². The van der Waals surface area contributed by atoms with Crippen LogP contribution in [-0.4, -0.2) is 24.0 Å². The lowest BCUT2D eigenvalue weighted by molar-refractivity contribution is -0.137. The summed E-state index contributed by atoms with van der Waals surface area (Å²) in [4.78, 5) is 31.6. The number of methoxy groups -OCH3 is 1. The standard InChI is InChI=1S/C26H18F4N2O3S/c1-35-23(33)18-13-16(5-6-17(18)21-11-14-3-2-10-31-22(14)36-21)32-24(34)25(8-9-25)19-7-4-15(12-20(19)27)26(28,29)30/h2-7,10-13H,8-9H2,1H3,(H,32,34). The number of carbonyl (C=O) groups is 2. The summed E-state index contributed by atoms with van der Waals surface area (Å²) in [5.74, 6) is -2.25. The van der Waals surface area contributed by atoms with E-state index in [0.717, 1.165) is 27.2 Å². The minimum atomic E-state index is -4.69. The minimum absolute atomic E-state index is 0.0874. The van der Waals surface area contributed by atoms with Gasteiger partial charge in [0, 0.05) is 33.3 Å². The first-order valence-corrected chi connectivity index (χ1v) is 11.7. The average Bonchev–Trinajstić information content (AvgIpc) is 3.54. The van der Waals surface area contributed by atoms with Crippen molar-refractivity contribution in [1.29, 1.82) is 0 Å². The Bertz CT molecular complexity index is 1480. The third-order valence-electron chi connectivity index (χ3n) is 6.24. The molecule has 0 spiro atoms. The maximum Gasteiger partial charge on any atom is 0.416 e. The van der Waals surface area contributed by atoms with Crippen LogP contribution in [0.4, 0.5) is 23.2 Å². The molecule has 0 unspecified atom stereocenters. The van der Waals surface area contributed by atoms with Crippen LogP contribution in [0.3, 0.4) is 0 Å². The van der Waals surface area contributed by atoms with Gasteiger partial charge in [-0.25, -0.2) is 14.2 Å². The Labute approximate surface area is 206 Å². The molecule has 5 rings (SSSR count). The number of amides is 1. The van der Waals surface area contributed by atoms with Gasteiger partial charge in [0.2, 0.25) is 5.91 Å². The van der Waals surface area contributed by atoms with Crippen LogP contribution in [-0.2, 0) is 21.1 Å². The zero-order valence-corrected chi connectivity index (χ0v) is 19.6. The van der Waals surface area contributed by atoms with Gasteiger partial charge in [-0.1, -0.05) is 18.2 Å². The molecule has 10 heteroatoms. The van der Waals surface area contributed by atoms with Gasteiger partial charge in [0.1, 0.15) is 10.6 Å². The summed E-state index contributed by atoms with van der Waals surface area (Å²) in [5, 5.41) is 3.61. The first kappa shape index (κ1) is 23.9. The van der Waals surface area contributed by atoms with Crippen LogP contribution in [0.25, 0.3) is 20.7 Å². The maximum absolute atomic E-state index is 14.6. The number of nitrogens with one attached hydrogen (secondary N) is 1. The van der Waals surface area contributed by atoms with Gasteiger partial charge < -0.3 is 10.1 Å². The number of hydrogen-bond acceptors (Lipinski definition) is 5. The molecule has 1 aliphatic rings. The average molecular weight is 515 g/mol. The summed E-state index contributed by atoms with van der Waals surface area (Å²) >= 11 is 1.40. The highest BCUT2D eigenvalue weighted by atomic mass is 32.1. The van der Waals surface area contributed by atoms with Gasteiger partial charge >= 0.3 is 12.1 Å². The van der Waals surface area contributed by atoms with Crippen LogP contribution < -0.4 is 5.32 Å². The molecule has 1 saturated carbocycles. The highest BCUT2D eigenvalue weighted by Gasteiger charge is 2.53. The van der Waals surface area contributed by atoms with Gasteiger partial charge in [-0.05, 0) is 49.2 Å². The van der Waals surface area contributed by atoms with Gasteiger partial charge in [0.15, 0.2) is 0 Å². The molecular weight excluding hydrogens is 496 g/mol. The monoisotopic (exact) mass is 514 g/mol. The predicted molar refractivity (Wildman–Crippen MR) is 127 cm³/mol. The number of hydrogen-bond donors (Lipinski definition) is 1. The molecule has 0 saturated heterocycles. The molecule has 1 amide bonds. The Morgan fingerprint density at radius 3 is 2.50 bits per heavy atom. The number of anilines is 1. The van der Waals surface area contributed by atoms with E-state index < -0.39 is 34.8 Å². The third kappa shape index (κ3) is 4.21. The first-order chi connectivity index (χ1) is 17.1. The Balaban J connectivity index is 1.45. The van der Waals surface area contributed by atoms with Crippen molar-refractivity contribution in [2.45, 2.75) is 24.4 Å². The van der Waals surface area contributed by atoms with Gasteiger partial charge in [-0.2, -0.15) is 13.2 Å². The topological polar surface area (TPSA) is 68.3 Å². The van der Waals surface area contributed by atoms with Gasteiger partial charge in [0.05, 0.1) is 23.7 Å². The molecule has 2 aromatic heterocycles. The second-order valence-electron chi connectivity index (χ2n) is 8.49. The molecular formula is C26H18F4N2O3S. The van der Waals surface area contributed by atoms with Crippen molar-refractivity contribution in [2.75, 3.05) is 12.4 Å². The van der Waals surface area contributed by atoms with Crippen molar-refractivity contribution in [3.05, 3.63) is 83.3 Å². The summed E-state index contributed by atoms with van der Waals surface area (Å²) in [7, 11) is 1.25. The van der Waals surface area contributed by atoms with Crippen molar-refractivity contribution in [1.82, 2.24) is 4.98 Å². The van der Waals surface area contributed by atoms with E-state index in [4.69, 9.17) is 4.74 Å². The molecule has 36 heavy (non-hydrogen) atoms. The molecule has 0 bridgehead atoms. The Hall–Kier alpha value is -3.79. The van der Waals surface area contributed by atoms with Crippen LogP contribution >= 0.6 is 11.3 Å². The van der Waals surface area contributed by atoms with E-state index in [1.165, 1.54) is 24.5 Å². The number of thiophene rings is 1. The number of nitrogens with zero attached hydrogens (tertiary/aromatic N) is 1. The smallest absolute Gasteiger partial charge is 0.416 e. The Morgan fingerprint density at radius 1 is 1.08 bits per heavy atom. The number of alkyl halides is 3. The van der Waals surface area contributed by atoms with Crippen LogP contribution in [0.15, 0.2) is 60.8 Å². The quantitative estimate of drug-likeness (QED) is 0.241. The molecule has 2 heterocycles. The fourth-order valence-electron chi connectivity index (χ4n) is 4.20. The number of carbonyl (C=O) groups excluding carboxylic acids is 2. The molecule has 0 atom stereocenters. The summed E-state index contributed by atoms with van der Waals surface area (Å²) in [6.07, 6.45) is -2.43. The number of esters is 1. The summed E-state index contributed by atoms with van der Waals surface area (Å²) in [5.41, 5.74) is -1.38. The number of benzene rings is 2. The van der Waals surface area contributed by atoms with E-state index in [2.05, 4.69) is 10.3 Å². The molecule has 1 N–H and O–H groups in total. The first-order valence-electron chi connectivity index (χ1n) is 10.9. The van der Waals surface area contributed by atoms with Crippen LogP contribution in [0.2, 0.25) is 0 Å². The van der Waals surface area contributed by atoms with E-state index >= 15 is 0 Å². The Kier molecular flexibility index (Phi) is 5.78. The molecule has 4 aromatic rings. The van der Waals surface area contributed by atoms with Gasteiger partial charge in [-0.15, -0.1) is 11.3 Å². The van der Waals surface area contributed by atoms with Crippen molar-refractivity contribution < 1.29 is 31.9 Å². The summed E-state index contributed by atoms with van der Waals surface area (Å²) in [6.45, 7) is 0. The van der Waals surface area contributed by atoms with E-state index in [-0.39, 0.29) is 29.7 Å². The largest absolute Gasteiger partial charge is 0.465 e. The lowest BCUT2D eigenvalue weighted by Gasteiger charge is -2.18. The molecule has 0 aliphatic heterocycles. The number of pyridine rings is 1. The number of rotatable bonds is 5. The maximum atomic E-state index is 14.6. The van der Waals surface area contributed by atoms with Gasteiger partial charge in [-0.3, -0.25) is 4.79 Å².